The first kappa shape index (κ1) is 16.2. The number of hydrogen-bond acceptors (Lipinski definition) is 3. The first-order chi connectivity index (χ1) is 11.7. The summed E-state index contributed by atoms with van der Waals surface area (Å²) < 4.78 is 1.95. The van der Waals surface area contributed by atoms with Crippen molar-refractivity contribution in [3.63, 3.8) is 0 Å². The van der Waals surface area contributed by atoms with Crippen molar-refractivity contribution < 1.29 is 4.79 Å². The molecule has 0 saturated carbocycles. The first-order valence-corrected chi connectivity index (χ1v) is 8.28. The van der Waals surface area contributed by atoms with Crippen molar-refractivity contribution >= 4 is 16.9 Å². The van der Waals surface area contributed by atoms with Crippen molar-refractivity contribution in [1.82, 2.24) is 19.4 Å². The van der Waals surface area contributed by atoms with E-state index >= 15 is 0 Å². The predicted octanol–water partition coefficient (Wildman–Crippen LogP) is 3.41. The third-order valence-corrected chi connectivity index (χ3v) is 4.16. The molecule has 2 heterocycles. The number of rotatable bonds is 6. The van der Waals surface area contributed by atoms with E-state index in [1.165, 1.54) is 0 Å². The Morgan fingerprint density at radius 3 is 2.75 bits per heavy atom. The monoisotopic (exact) mass is 322 g/mol. The molecular weight excluding hydrogens is 300 g/mol. The van der Waals surface area contributed by atoms with Crippen LogP contribution in [-0.2, 0) is 13.6 Å². The second-order valence-electron chi connectivity index (χ2n) is 5.99. The molecule has 24 heavy (non-hydrogen) atoms. The standard InChI is InChI=1S/C19H22N4O/c1-3-4-11-23(13-15-7-9-20-10-8-15)19(24)16-5-6-18-17(12-16)21-14-22(18)2/h5-10,12,14H,3-4,11,13H2,1-2H3. The van der Waals surface area contributed by atoms with E-state index in [1.54, 1.807) is 18.7 Å². The number of amides is 1. The van der Waals surface area contributed by atoms with E-state index in [0.717, 1.165) is 36.0 Å². The fourth-order valence-corrected chi connectivity index (χ4v) is 2.76. The van der Waals surface area contributed by atoms with Gasteiger partial charge in [0.2, 0.25) is 0 Å². The number of aryl methyl sites for hydroxylation is 1. The lowest BCUT2D eigenvalue weighted by Crippen LogP contribution is -2.31. The highest BCUT2D eigenvalue weighted by atomic mass is 16.2. The molecule has 0 radical (unpaired) electrons. The van der Waals surface area contributed by atoms with Gasteiger partial charge in [-0.3, -0.25) is 9.78 Å². The van der Waals surface area contributed by atoms with E-state index in [4.69, 9.17) is 0 Å². The summed E-state index contributed by atoms with van der Waals surface area (Å²) in [4.78, 5) is 23.3. The van der Waals surface area contributed by atoms with Gasteiger partial charge in [0.25, 0.3) is 5.91 Å². The molecule has 0 atom stereocenters. The average molecular weight is 322 g/mol. The van der Waals surface area contributed by atoms with Crippen molar-refractivity contribution in [3.8, 4) is 0 Å². The molecule has 0 spiro atoms. The number of hydrogen-bond donors (Lipinski definition) is 0. The Morgan fingerprint density at radius 1 is 1.21 bits per heavy atom. The van der Waals surface area contributed by atoms with E-state index in [9.17, 15) is 4.79 Å². The van der Waals surface area contributed by atoms with Gasteiger partial charge in [-0.25, -0.2) is 4.98 Å². The Kier molecular flexibility index (Phi) is 4.89. The molecule has 0 N–H and O–H groups in total. The molecule has 5 nitrogen and oxygen atoms in total. The summed E-state index contributed by atoms with van der Waals surface area (Å²) in [5.41, 5.74) is 3.66. The highest BCUT2D eigenvalue weighted by molar-refractivity contribution is 5.97. The Labute approximate surface area is 142 Å². The van der Waals surface area contributed by atoms with Gasteiger partial charge in [-0.15, -0.1) is 0 Å². The molecule has 0 fully saturated rings. The lowest BCUT2D eigenvalue weighted by molar-refractivity contribution is 0.0741. The molecule has 0 aliphatic heterocycles. The third kappa shape index (κ3) is 3.45. The highest BCUT2D eigenvalue weighted by Gasteiger charge is 2.17. The summed E-state index contributed by atoms with van der Waals surface area (Å²) in [6.45, 7) is 3.48. The molecule has 2 aromatic heterocycles. The number of carbonyl (C=O) groups is 1. The molecule has 5 heteroatoms. The molecule has 1 aromatic carbocycles. The number of imidazole rings is 1. The molecular formula is C19H22N4O. The predicted molar refractivity (Wildman–Crippen MR) is 94.6 cm³/mol. The quantitative estimate of drug-likeness (QED) is 0.699. The van der Waals surface area contributed by atoms with Gasteiger partial charge in [-0.1, -0.05) is 13.3 Å². The average Bonchev–Trinajstić information content (AvgIpc) is 2.99. The van der Waals surface area contributed by atoms with Gasteiger partial charge in [0.05, 0.1) is 17.4 Å². The Hall–Kier alpha value is -2.69. The molecule has 124 valence electrons. The largest absolute Gasteiger partial charge is 0.334 e. The topological polar surface area (TPSA) is 51.0 Å². The van der Waals surface area contributed by atoms with Gasteiger partial charge >= 0.3 is 0 Å². The zero-order valence-electron chi connectivity index (χ0n) is 14.1. The number of benzene rings is 1. The number of nitrogens with zero attached hydrogens (tertiary/aromatic N) is 4. The van der Waals surface area contributed by atoms with Crippen LogP contribution in [0.2, 0.25) is 0 Å². The van der Waals surface area contributed by atoms with Crippen LogP contribution in [0, 0.1) is 0 Å². The SMILES string of the molecule is CCCCN(Cc1ccncc1)C(=O)c1ccc2c(c1)ncn2C. The van der Waals surface area contributed by atoms with Gasteiger partial charge in [0, 0.05) is 38.1 Å². The fourth-order valence-electron chi connectivity index (χ4n) is 2.76. The van der Waals surface area contributed by atoms with E-state index in [2.05, 4.69) is 16.9 Å². The van der Waals surface area contributed by atoms with Crippen LogP contribution in [0.15, 0.2) is 49.1 Å². The highest BCUT2D eigenvalue weighted by Crippen LogP contribution is 2.17. The Balaban J connectivity index is 1.85. The summed E-state index contributed by atoms with van der Waals surface area (Å²) in [5, 5.41) is 0. The maximum absolute atomic E-state index is 13.0. The second kappa shape index (κ2) is 7.25. The van der Waals surface area contributed by atoms with Crippen molar-refractivity contribution in [3.05, 3.63) is 60.2 Å². The molecule has 0 aliphatic carbocycles. The second-order valence-corrected chi connectivity index (χ2v) is 5.99. The van der Waals surface area contributed by atoms with Crippen LogP contribution in [0.3, 0.4) is 0 Å². The van der Waals surface area contributed by atoms with Crippen molar-refractivity contribution in [1.29, 1.82) is 0 Å². The van der Waals surface area contributed by atoms with Gasteiger partial charge in [-0.2, -0.15) is 0 Å². The van der Waals surface area contributed by atoms with Gasteiger partial charge in [0.1, 0.15) is 0 Å². The molecule has 0 unspecified atom stereocenters. The maximum Gasteiger partial charge on any atom is 0.254 e. The number of unbranched alkanes of at least 4 members (excludes halogenated alkanes) is 1. The zero-order chi connectivity index (χ0) is 16.9. The number of carbonyl (C=O) groups excluding carboxylic acids is 1. The summed E-state index contributed by atoms with van der Waals surface area (Å²) >= 11 is 0. The minimum absolute atomic E-state index is 0.0489. The minimum atomic E-state index is 0.0489. The Morgan fingerprint density at radius 2 is 2.00 bits per heavy atom. The van der Waals surface area contributed by atoms with E-state index < -0.39 is 0 Å². The maximum atomic E-state index is 13.0. The smallest absolute Gasteiger partial charge is 0.254 e. The summed E-state index contributed by atoms with van der Waals surface area (Å²) in [6.07, 6.45) is 7.34. The number of pyridine rings is 1. The van der Waals surface area contributed by atoms with Crippen LogP contribution in [0.25, 0.3) is 11.0 Å². The lowest BCUT2D eigenvalue weighted by Gasteiger charge is -2.23. The van der Waals surface area contributed by atoms with E-state index in [-0.39, 0.29) is 5.91 Å². The Bertz CT molecular complexity index is 826. The van der Waals surface area contributed by atoms with E-state index in [1.807, 2.05) is 46.8 Å². The van der Waals surface area contributed by atoms with Gasteiger partial charge in [-0.05, 0) is 42.3 Å². The molecule has 0 aliphatic rings. The summed E-state index contributed by atoms with van der Waals surface area (Å²) in [6, 6.07) is 9.63. The molecule has 3 aromatic rings. The summed E-state index contributed by atoms with van der Waals surface area (Å²) in [5.74, 6) is 0.0489. The first-order valence-electron chi connectivity index (χ1n) is 8.28. The van der Waals surface area contributed by atoms with Crippen LogP contribution in [0.5, 0.6) is 0 Å². The van der Waals surface area contributed by atoms with Gasteiger partial charge < -0.3 is 9.47 Å². The number of fused-ring (bicyclic) bond motifs is 1. The van der Waals surface area contributed by atoms with Crippen molar-refractivity contribution in [2.45, 2.75) is 26.3 Å². The zero-order valence-corrected chi connectivity index (χ0v) is 14.1. The molecule has 0 saturated heterocycles. The lowest BCUT2D eigenvalue weighted by atomic mass is 10.1. The van der Waals surface area contributed by atoms with Gasteiger partial charge in [0.15, 0.2) is 0 Å². The molecule has 3 rings (SSSR count). The van der Waals surface area contributed by atoms with Crippen molar-refractivity contribution in [2.75, 3.05) is 6.54 Å². The van der Waals surface area contributed by atoms with E-state index in [0.29, 0.717) is 12.1 Å². The van der Waals surface area contributed by atoms with Crippen LogP contribution in [0.1, 0.15) is 35.7 Å². The molecule has 0 bridgehead atoms. The normalized spacial score (nSPS) is 10.9. The van der Waals surface area contributed by atoms with Crippen LogP contribution in [0.4, 0.5) is 0 Å². The van der Waals surface area contributed by atoms with Crippen LogP contribution >= 0.6 is 0 Å². The van der Waals surface area contributed by atoms with Crippen LogP contribution < -0.4 is 0 Å². The van der Waals surface area contributed by atoms with Crippen LogP contribution in [-0.4, -0.2) is 31.9 Å². The third-order valence-electron chi connectivity index (χ3n) is 4.16. The van der Waals surface area contributed by atoms with Crippen molar-refractivity contribution in [2.24, 2.45) is 7.05 Å². The molecule has 1 amide bonds. The minimum Gasteiger partial charge on any atom is -0.334 e. The number of aromatic nitrogens is 3. The fraction of sp³-hybridized carbons (Fsp3) is 0.316. The summed E-state index contributed by atoms with van der Waals surface area (Å²) in [7, 11) is 1.95.